The van der Waals surface area contributed by atoms with Crippen molar-refractivity contribution in [2.45, 2.75) is 56.0 Å². The third-order valence-electron chi connectivity index (χ3n) is 6.00. The van der Waals surface area contributed by atoms with E-state index < -0.39 is 10.0 Å². The lowest BCUT2D eigenvalue weighted by Gasteiger charge is -2.25. The average Bonchev–Trinajstić information content (AvgIpc) is 3.33. The number of benzene rings is 1. The van der Waals surface area contributed by atoms with E-state index >= 15 is 0 Å². The van der Waals surface area contributed by atoms with Gasteiger partial charge in [0.1, 0.15) is 10.7 Å². The molecule has 1 aromatic heterocycles. The van der Waals surface area contributed by atoms with Crippen LogP contribution in [-0.4, -0.2) is 59.2 Å². The topological polar surface area (TPSA) is 97.6 Å². The van der Waals surface area contributed by atoms with Crippen LogP contribution in [0.3, 0.4) is 0 Å². The first-order valence-corrected chi connectivity index (χ1v) is 12.2. The van der Waals surface area contributed by atoms with Gasteiger partial charge in [0, 0.05) is 32.1 Å². The quantitative estimate of drug-likeness (QED) is 0.627. The number of aryl methyl sites for hydroxylation is 1. The van der Waals surface area contributed by atoms with Gasteiger partial charge in [0.25, 0.3) is 15.9 Å². The summed E-state index contributed by atoms with van der Waals surface area (Å²) < 4.78 is 28.3. The van der Waals surface area contributed by atoms with E-state index in [1.807, 2.05) is 0 Å². The van der Waals surface area contributed by atoms with Crippen LogP contribution in [0.4, 0.5) is 0 Å². The van der Waals surface area contributed by atoms with Gasteiger partial charge in [-0.1, -0.05) is 22.5 Å². The van der Waals surface area contributed by atoms with Gasteiger partial charge in [-0.15, -0.1) is 10.2 Å². The highest BCUT2D eigenvalue weighted by atomic mass is 35.5. The highest BCUT2D eigenvalue weighted by molar-refractivity contribution is 7.89. The zero-order chi connectivity index (χ0) is 22.2. The van der Waals surface area contributed by atoms with Gasteiger partial charge in [-0.2, -0.15) is 0 Å². The molecule has 1 unspecified atom stereocenters. The number of carbonyl (C=O) groups excluding carboxylic acids is 1. The van der Waals surface area contributed by atoms with Crippen LogP contribution >= 0.6 is 11.6 Å². The van der Waals surface area contributed by atoms with Crippen molar-refractivity contribution in [3.8, 4) is 0 Å². The maximum atomic E-state index is 13.4. The van der Waals surface area contributed by atoms with Crippen molar-refractivity contribution in [1.29, 1.82) is 0 Å². The van der Waals surface area contributed by atoms with E-state index in [0.717, 1.165) is 56.7 Å². The SMILES string of the molecule is CON(C)S(=O)(=O)c1cc(C(=O)N2CCCC2c2nnc3n2CCCCC3)ccc1Cl. The van der Waals surface area contributed by atoms with Crippen LogP contribution in [0.25, 0.3) is 0 Å². The molecule has 0 saturated carbocycles. The molecule has 0 aliphatic carbocycles. The molecule has 31 heavy (non-hydrogen) atoms. The van der Waals surface area contributed by atoms with E-state index in [1.165, 1.54) is 26.3 Å². The van der Waals surface area contributed by atoms with E-state index in [1.54, 1.807) is 11.0 Å². The van der Waals surface area contributed by atoms with Crippen molar-refractivity contribution in [1.82, 2.24) is 24.1 Å². The van der Waals surface area contributed by atoms with Crippen molar-refractivity contribution in [2.24, 2.45) is 0 Å². The molecule has 0 radical (unpaired) electrons. The second-order valence-electron chi connectivity index (χ2n) is 7.84. The van der Waals surface area contributed by atoms with E-state index in [9.17, 15) is 13.2 Å². The van der Waals surface area contributed by atoms with Gasteiger partial charge in [-0.3, -0.25) is 9.63 Å². The zero-order valence-corrected chi connectivity index (χ0v) is 19.2. The van der Waals surface area contributed by atoms with Crippen LogP contribution in [0.2, 0.25) is 5.02 Å². The molecule has 1 atom stereocenters. The van der Waals surface area contributed by atoms with Gasteiger partial charge >= 0.3 is 0 Å². The summed E-state index contributed by atoms with van der Waals surface area (Å²) in [6, 6.07) is 4.12. The number of sulfonamides is 1. The zero-order valence-electron chi connectivity index (χ0n) is 17.6. The number of amides is 1. The Morgan fingerprint density at radius 2 is 2.00 bits per heavy atom. The second-order valence-corrected chi connectivity index (χ2v) is 10.1. The van der Waals surface area contributed by atoms with E-state index in [2.05, 4.69) is 14.8 Å². The molecule has 11 heteroatoms. The van der Waals surface area contributed by atoms with Crippen LogP contribution < -0.4 is 0 Å². The van der Waals surface area contributed by atoms with Gasteiger partial charge in [0.15, 0.2) is 5.82 Å². The van der Waals surface area contributed by atoms with Crippen LogP contribution in [0, 0.1) is 0 Å². The summed E-state index contributed by atoms with van der Waals surface area (Å²) >= 11 is 6.14. The summed E-state index contributed by atoms with van der Waals surface area (Å²) in [4.78, 5) is 19.8. The van der Waals surface area contributed by atoms with Crippen LogP contribution in [0.1, 0.15) is 60.2 Å². The minimum atomic E-state index is -3.99. The molecule has 2 aromatic rings. The highest BCUT2D eigenvalue weighted by Gasteiger charge is 2.35. The minimum absolute atomic E-state index is 0.0289. The Labute approximate surface area is 186 Å². The van der Waals surface area contributed by atoms with Crippen LogP contribution in [0.5, 0.6) is 0 Å². The number of halogens is 1. The molecule has 2 aliphatic heterocycles. The van der Waals surface area contributed by atoms with Crippen molar-refractivity contribution in [3.05, 3.63) is 40.4 Å². The average molecular weight is 468 g/mol. The summed E-state index contributed by atoms with van der Waals surface area (Å²) in [5, 5.41) is 8.83. The monoisotopic (exact) mass is 467 g/mol. The summed E-state index contributed by atoms with van der Waals surface area (Å²) in [5.74, 6) is 1.56. The van der Waals surface area contributed by atoms with Gasteiger partial charge < -0.3 is 9.47 Å². The molecule has 1 amide bonds. The molecule has 0 spiro atoms. The molecule has 1 saturated heterocycles. The molecule has 4 rings (SSSR count). The summed E-state index contributed by atoms with van der Waals surface area (Å²) in [5.41, 5.74) is 0.259. The fourth-order valence-corrected chi connectivity index (χ4v) is 5.74. The van der Waals surface area contributed by atoms with E-state index in [0.29, 0.717) is 11.0 Å². The Morgan fingerprint density at radius 3 is 2.77 bits per heavy atom. The van der Waals surface area contributed by atoms with Crippen molar-refractivity contribution >= 4 is 27.5 Å². The minimum Gasteiger partial charge on any atom is -0.328 e. The fraction of sp³-hybridized carbons (Fsp3) is 0.550. The molecule has 0 bridgehead atoms. The smallest absolute Gasteiger partial charge is 0.266 e. The molecule has 0 N–H and O–H groups in total. The van der Waals surface area contributed by atoms with E-state index in [-0.39, 0.29) is 27.4 Å². The predicted molar refractivity (Wildman–Crippen MR) is 114 cm³/mol. The van der Waals surface area contributed by atoms with Gasteiger partial charge in [0.05, 0.1) is 18.2 Å². The molecular weight excluding hydrogens is 442 g/mol. The Hall–Kier alpha value is -2.01. The summed E-state index contributed by atoms with van der Waals surface area (Å²) in [6.07, 6.45) is 5.89. The van der Waals surface area contributed by atoms with Gasteiger partial charge in [-0.25, -0.2) is 8.42 Å². The van der Waals surface area contributed by atoms with Crippen molar-refractivity contribution < 1.29 is 18.0 Å². The molecule has 168 valence electrons. The first kappa shape index (κ1) is 22.2. The third-order valence-corrected chi connectivity index (χ3v) is 8.16. The fourth-order valence-electron chi connectivity index (χ4n) is 4.27. The molecule has 3 heterocycles. The van der Waals surface area contributed by atoms with Crippen molar-refractivity contribution in [3.63, 3.8) is 0 Å². The number of aromatic nitrogens is 3. The Bertz CT molecular complexity index is 1090. The van der Waals surface area contributed by atoms with Crippen LogP contribution in [-0.2, 0) is 27.8 Å². The molecule has 1 fully saturated rings. The van der Waals surface area contributed by atoms with Gasteiger partial charge in [-0.05, 0) is 43.9 Å². The number of fused-ring (bicyclic) bond motifs is 1. The number of likely N-dealkylation sites (tertiary alicyclic amines) is 1. The Morgan fingerprint density at radius 1 is 1.19 bits per heavy atom. The lowest BCUT2D eigenvalue weighted by Crippen LogP contribution is -2.32. The standard InChI is InChI=1S/C20H26ClN5O4S/c1-24(30-2)31(28,29)17-13-14(9-10-15(17)21)20(27)25-12-6-7-16(25)19-23-22-18-8-4-3-5-11-26(18)19/h9-10,13,16H,3-8,11-12H2,1-2H3. The van der Waals surface area contributed by atoms with Gasteiger partial charge in [0.2, 0.25) is 0 Å². The first-order chi connectivity index (χ1) is 14.8. The number of hydroxylamine groups is 1. The number of rotatable bonds is 5. The largest absolute Gasteiger partial charge is 0.328 e. The van der Waals surface area contributed by atoms with Crippen LogP contribution in [0.15, 0.2) is 23.1 Å². The lowest BCUT2D eigenvalue weighted by molar-refractivity contribution is -0.0258. The third kappa shape index (κ3) is 4.09. The normalized spacial score (nSPS) is 19.5. The number of nitrogens with zero attached hydrogens (tertiary/aromatic N) is 5. The summed E-state index contributed by atoms with van der Waals surface area (Å²) in [6.45, 7) is 1.44. The lowest BCUT2D eigenvalue weighted by atomic mass is 10.1. The Balaban J connectivity index is 1.66. The Kier molecular flexibility index (Phi) is 6.34. The summed E-state index contributed by atoms with van der Waals surface area (Å²) in [7, 11) is -1.47. The molecule has 9 nitrogen and oxygen atoms in total. The maximum absolute atomic E-state index is 13.4. The second kappa shape index (κ2) is 8.85. The molecule has 2 aliphatic rings. The number of carbonyl (C=O) groups is 1. The molecular formula is C20H26ClN5O4S. The first-order valence-electron chi connectivity index (χ1n) is 10.4. The molecule has 1 aromatic carbocycles. The number of hydrogen-bond donors (Lipinski definition) is 0. The highest BCUT2D eigenvalue weighted by Crippen LogP contribution is 2.34. The van der Waals surface area contributed by atoms with Crippen molar-refractivity contribution in [2.75, 3.05) is 20.7 Å². The predicted octanol–water partition coefficient (Wildman–Crippen LogP) is 2.82. The number of hydrogen-bond acceptors (Lipinski definition) is 6. The van der Waals surface area contributed by atoms with E-state index in [4.69, 9.17) is 16.4 Å². The maximum Gasteiger partial charge on any atom is 0.266 e.